The van der Waals surface area contributed by atoms with E-state index in [2.05, 4.69) is 17.1 Å². The molecule has 0 saturated heterocycles. The number of allylic oxidation sites excluding steroid dienone is 4. The van der Waals surface area contributed by atoms with Crippen molar-refractivity contribution in [1.29, 1.82) is 0 Å². The zero-order valence-electron chi connectivity index (χ0n) is 16.1. The second kappa shape index (κ2) is 14.3. The van der Waals surface area contributed by atoms with Crippen molar-refractivity contribution >= 4 is 35.7 Å². The van der Waals surface area contributed by atoms with Crippen molar-refractivity contribution in [2.24, 2.45) is 0 Å². The Morgan fingerprint density at radius 3 is 2.20 bits per heavy atom. The number of alkyl halides is 3. The molecule has 1 nitrogen and oxygen atoms in total. The molecule has 0 aliphatic heterocycles. The first kappa shape index (κ1) is 30.4. The summed E-state index contributed by atoms with van der Waals surface area (Å²) < 4.78 is 36.9. The Balaban J connectivity index is 0. The van der Waals surface area contributed by atoms with E-state index in [1.54, 1.807) is 6.20 Å². The monoisotopic (exact) mass is 490 g/mol. The maximum Gasteiger partial charge on any atom is 3.00 e. The van der Waals surface area contributed by atoms with Crippen molar-refractivity contribution in [1.82, 2.24) is 4.98 Å². The molecule has 30 heavy (non-hydrogen) atoms. The number of para-hydroxylation sites is 1. The number of pyridine rings is 1. The van der Waals surface area contributed by atoms with Crippen molar-refractivity contribution in [3.05, 3.63) is 109 Å². The Morgan fingerprint density at radius 1 is 0.967 bits per heavy atom. The van der Waals surface area contributed by atoms with E-state index < -0.39 is 11.7 Å². The van der Waals surface area contributed by atoms with Gasteiger partial charge in [-0.05, 0) is 17.6 Å². The van der Waals surface area contributed by atoms with Gasteiger partial charge in [-0.1, -0.05) is 30.2 Å². The number of benzene rings is 2. The summed E-state index contributed by atoms with van der Waals surface area (Å²) in [6.07, 6.45) is 5.94. The normalized spacial score (nSPS) is 11.5. The third-order valence-electron chi connectivity index (χ3n) is 3.89. The third kappa shape index (κ3) is 8.94. The second-order valence-corrected chi connectivity index (χ2v) is 5.81. The topological polar surface area (TPSA) is 12.9 Å². The maximum atomic E-state index is 12.3. The van der Waals surface area contributed by atoms with Gasteiger partial charge in [-0.3, -0.25) is 11.1 Å². The largest absolute Gasteiger partial charge is 3.00 e. The van der Waals surface area contributed by atoms with Crippen LogP contribution in [-0.4, -0.2) is 4.98 Å². The molecule has 0 spiro atoms. The fourth-order valence-corrected chi connectivity index (χ4v) is 2.56. The van der Waals surface area contributed by atoms with Crippen molar-refractivity contribution in [2.45, 2.75) is 19.0 Å². The van der Waals surface area contributed by atoms with E-state index in [-0.39, 0.29) is 49.6 Å². The summed E-state index contributed by atoms with van der Waals surface area (Å²) in [7, 11) is 0. The van der Waals surface area contributed by atoms with Crippen LogP contribution in [0, 0.1) is 19.6 Å². The fourth-order valence-electron chi connectivity index (χ4n) is 2.56. The van der Waals surface area contributed by atoms with Gasteiger partial charge in [-0.25, -0.2) is 6.08 Å². The molecule has 0 N–H and O–H groups in total. The molecular formula is C23H21Cl2CrF3N. The number of hydrogen-bond acceptors (Lipinski definition) is 1. The van der Waals surface area contributed by atoms with Gasteiger partial charge < -0.3 is 7.43 Å². The van der Waals surface area contributed by atoms with Crippen molar-refractivity contribution in [3.8, 4) is 0 Å². The van der Waals surface area contributed by atoms with E-state index in [0.29, 0.717) is 6.42 Å². The molecule has 1 aliphatic rings. The summed E-state index contributed by atoms with van der Waals surface area (Å²) >= 11 is 0. The molecule has 159 valence electrons. The van der Waals surface area contributed by atoms with Crippen LogP contribution in [-0.2, 0) is 30.0 Å². The van der Waals surface area contributed by atoms with E-state index in [9.17, 15) is 13.2 Å². The van der Waals surface area contributed by atoms with Gasteiger partial charge in [0.15, 0.2) is 0 Å². The van der Waals surface area contributed by atoms with E-state index in [0.717, 1.165) is 40.6 Å². The van der Waals surface area contributed by atoms with Gasteiger partial charge in [0.1, 0.15) is 0 Å². The van der Waals surface area contributed by atoms with E-state index in [4.69, 9.17) is 0 Å². The van der Waals surface area contributed by atoms with E-state index in [1.807, 2.05) is 42.5 Å². The summed E-state index contributed by atoms with van der Waals surface area (Å²) in [5.74, 6) is 0. The molecule has 1 aliphatic carbocycles. The van der Waals surface area contributed by atoms with Gasteiger partial charge in [0.2, 0.25) is 0 Å². The van der Waals surface area contributed by atoms with Crippen molar-refractivity contribution in [2.75, 3.05) is 0 Å². The van der Waals surface area contributed by atoms with Crippen LogP contribution in [0.4, 0.5) is 13.2 Å². The van der Waals surface area contributed by atoms with Gasteiger partial charge in [-0.15, -0.1) is 42.7 Å². The van der Waals surface area contributed by atoms with Crippen LogP contribution >= 0.6 is 24.8 Å². The summed E-state index contributed by atoms with van der Waals surface area (Å²) in [4.78, 5) is 4.13. The number of rotatable bonds is 2. The Kier molecular flexibility index (Phi) is 14.5. The number of aromatic nitrogens is 1. The average Bonchev–Trinajstić information content (AvgIpc) is 3.15. The number of nitrogens with zero attached hydrogens (tertiary/aromatic N) is 1. The third-order valence-corrected chi connectivity index (χ3v) is 3.89. The van der Waals surface area contributed by atoms with E-state index in [1.165, 1.54) is 12.1 Å². The van der Waals surface area contributed by atoms with Crippen LogP contribution < -0.4 is 0 Å². The minimum Gasteiger partial charge on any atom is -0.358 e. The molecule has 0 saturated carbocycles. The molecule has 0 bridgehead atoms. The quantitative estimate of drug-likeness (QED) is 0.344. The van der Waals surface area contributed by atoms with Crippen molar-refractivity contribution < 1.29 is 30.5 Å². The molecule has 0 atom stereocenters. The predicted octanol–water partition coefficient (Wildman–Crippen LogP) is 7.26. The van der Waals surface area contributed by atoms with Gasteiger partial charge in [-0.2, -0.15) is 49.1 Å². The van der Waals surface area contributed by atoms with Gasteiger partial charge in [0, 0.05) is 6.20 Å². The maximum absolute atomic E-state index is 12.3. The standard InChI is InChI=1S/C13H10F3.C9H6N.CH3.2ClH.Cr/c14-13(15,16)12-7-5-11(6-8-12)9-10-3-1-2-4-10;1-2-6-9-8(4-1)5-3-7-10-9;;;;/h3-8H,1,9H2;1-5,7H;1H3;2*1H;/q3*-1;;;+3. The van der Waals surface area contributed by atoms with Crippen LogP contribution in [0.5, 0.6) is 0 Å². The number of fused-ring (bicyclic) bond motifs is 1. The van der Waals surface area contributed by atoms with Gasteiger partial charge >= 0.3 is 23.5 Å². The van der Waals surface area contributed by atoms with Gasteiger partial charge in [0.05, 0.1) is 5.56 Å². The van der Waals surface area contributed by atoms with Crippen LogP contribution in [0.3, 0.4) is 0 Å². The molecule has 7 heteroatoms. The molecule has 1 aromatic heterocycles. The molecule has 1 radical (unpaired) electrons. The summed E-state index contributed by atoms with van der Waals surface area (Å²) in [6, 6.07) is 18.1. The first-order valence-electron chi connectivity index (χ1n) is 8.15. The molecule has 2 aromatic carbocycles. The Bertz CT molecular complexity index is 874. The second-order valence-electron chi connectivity index (χ2n) is 5.81. The smallest absolute Gasteiger partial charge is 0.358 e. The summed E-state index contributed by atoms with van der Waals surface area (Å²) in [6.45, 7) is 0. The first-order chi connectivity index (χ1) is 12.5. The molecule has 1 heterocycles. The SMILES string of the molecule is Cl.Cl.FC(F)(F)c1ccc(CC2=CC[C-]=C2)cc1.[CH3-].[Cr+3].[c-]1cccc2cccnc12. The summed E-state index contributed by atoms with van der Waals surface area (Å²) in [5, 5.41) is 1.14. The van der Waals surface area contributed by atoms with Crippen LogP contribution in [0.25, 0.3) is 10.9 Å². The van der Waals surface area contributed by atoms with Crippen molar-refractivity contribution in [3.63, 3.8) is 0 Å². The minimum absolute atomic E-state index is 0. The van der Waals surface area contributed by atoms with E-state index >= 15 is 0 Å². The Morgan fingerprint density at radius 2 is 1.63 bits per heavy atom. The predicted molar refractivity (Wildman–Crippen MR) is 117 cm³/mol. The van der Waals surface area contributed by atoms with Crippen LogP contribution in [0.15, 0.2) is 78.5 Å². The van der Waals surface area contributed by atoms with Gasteiger partial charge in [0.25, 0.3) is 0 Å². The molecule has 3 aromatic rings. The van der Waals surface area contributed by atoms with Crippen LogP contribution in [0.1, 0.15) is 17.5 Å². The van der Waals surface area contributed by atoms with Crippen LogP contribution in [0.2, 0.25) is 0 Å². The number of halogens is 5. The molecule has 4 rings (SSSR count). The Labute approximate surface area is 199 Å². The zero-order valence-corrected chi connectivity index (χ0v) is 19.1. The number of hydrogen-bond donors (Lipinski definition) is 0. The fraction of sp³-hybridized carbons (Fsp3) is 0.130. The first-order valence-corrected chi connectivity index (χ1v) is 8.15. The molecule has 0 amide bonds. The Hall–Kier alpha value is -1.77. The molecular weight excluding hydrogens is 470 g/mol. The average molecular weight is 491 g/mol. The molecule has 0 unspecified atom stereocenters. The minimum atomic E-state index is -4.25. The summed E-state index contributed by atoms with van der Waals surface area (Å²) in [5.41, 5.74) is 2.34. The molecule has 0 fully saturated rings. The zero-order chi connectivity index (χ0) is 18.4.